The SMILES string of the molecule is CN1CCC(OCCCC(=O)c2ccc(-c3ccc(/C=C4/SC(=S)N(Cc5ccccc5)C4=O)o3)cc2)CC1. The van der Waals surface area contributed by atoms with Gasteiger partial charge in [0, 0.05) is 43.3 Å². The molecule has 2 aromatic carbocycles. The minimum Gasteiger partial charge on any atom is -0.457 e. The van der Waals surface area contributed by atoms with Gasteiger partial charge in [-0.3, -0.25) is 14.5 Å². The van der Waals surface area contributed by atoms with E-state index in [4.69, 9.17) is 21.4 Å². The van der Waals surface area contributed by atoms with Crippen LogP contribution in [0.3, 0.4) is 0 Å². The summed E-state index contributed by atoms with van der Waals surface area (Å²) >= 11 is 6.74. The molecule has 0 N–H and O–H groups in total. The van der Waals surface area contributed by atoms with Crippen LogP contribution in [0.15, 0.2) is 76.1 Å². The average Bonchev–Trinajstić information content (AvgIpc) is 3.53. The number of carbonyl (C=O) groups excluding carboxylic acids is 2. The van der Waals surface area contributed by atoms with Crippen molar-refractivity contribution in [2.75, 3.05) is 26.7 Å². The van der Waals surface area contributed by atoms with E-state index in [9.17, 15) is 9.59 Å². The number of likely N-dealkylation sites (tertiary alicyclic amines) is 1. The number of Topliss-reactive ketones (excluding diaryl/α,β-unsaturated/α-hetero) is 1. The molecule has 3 heterocycles. The number of hydrogen-bond acceptors (Lipinski definition) is 7. The van der Waals surface area contributed by atoms with Crippen LogP contribution in [0, 0.1) is 0 Å². The number of piperidine rings is 1. The fourth-order valence-electron chi connectivity index (χ4n) is 4.72. The Balaban J connectivity index is 1.14. The molecule has 2 saturated heterocycles. The van der Waals surface area contributed by atoms with Crippen LogP contribution in [-0.2, 0) is 16.1 Å². The maximum atomic E-state index is 13.0. The first-order valence-electron chi connectivity index (χ1n) is 13.3. The summed E-state index contributed by atoms with van der Waals surface area (Å²) in [7, 11) is 2.14. The van der Waals surface area contributed by atoms with Gasteiger partial charge in [-0.15, -0.1) is 0 Å². The molecule has 0 atom stereocenters. The lowest BCUT2D eigenvalue weighted by Gasteiger charge is -2.28. The zero-order valence-electron chi connectivity index (χ0n) is 22.0. The number of nitrogens with zero attached hydrogens (tertiary/aromatic N) is 2. The van der Waals surface area contributed by atoms with Crippen LogP contribution in [-0.4, -0.2) is 58.7 Å². The van der Waals surface area contributed by atoms with Gasteiger partial charge in [0.05, 0.1) is 17.6 Å². The molecular formula is C31H32N2O4S2. The number of furan rings is 1. The lowest BCUT2D eigenvalue weighted by Crippen LogP contribution is -2.34. The van der Waals surface area contributed by atoms with E-state index in [1.807, 2.05) is 66.7 Å². The molecule has 6 nitrogen and oxygen atoms in total. The van der Waals surface area contributed by atoms with E-state index in [-0.39, 0.29) is 11.7 Å². The zero-order valence-corrected chi connectivity index (χ0v) is 23.6. The van der Waals surface area contributed by atoms with E-state index in [2.05, 4.69) is 11.9 Å². The molecule has 202 valence electrons. The second kappa shape index (κ2) is 12.9. The molecule has 2 fully saturated rings. The minimum absolute atomic E-state index is 0.117. The number of ketones is 1. The molecule has 0 spiro atoms. The standard InChI is InChI=1S/C31H32N2O4S2/c1-32-17-15-25(16-18-32)36-19-5-8-27(34)23-9-11-24(12-10-23)28-14-13-26(37-28)20-29-30(35)33(31(38)39-29)21-22-6-3-2-4-7-22/h2-4,6-7,9-14,20,25H,5,8,15-19,21H2,1H3/b29-20+. The molecule has 0 aliphatic carbocycles. The topological polar surface area (TPSA) is 63.0 Å². The molecule has 2 aliphatic heterocycles. The Kier molecular flexibility index (Phi) is 9.09. The number of hydrogen-bond donors (Lipinski definition) is 0. The van der Waals surface area contributed by atoms with Gasteiger partial charge < -0.3 is 14.1 Å². The summed E-state index contributed by atoms with van der Waals surface area (Å²) in [5.74, 6) is 1.25. The Morgan fingerprint density at radius 2 is 1.82 bits per heavy atom. The highest BCUT2D eigenvalue weighted by atomic mass is 32.2. The van der Waals surface area contributed by atoms with Crippen molar-refractivity contribution >= 4 is 46.1 Å². The number of benzene rings is 2. The Labute approximate surface area is 239 Å². The summed E-state index contributed by atoms with van der Waals surface area (Å²) in [4.78, 5) is 30.1. The summed E-state index contributed by atoms with van der Waals surface area (Å²) in [6.07, 6.45) is 5.38. The molecule has 0 radical (unpaired) electrons. The van der Waals surface area contributed by atoms with E-state index < -0.39 is 0 Å². The second-order valence-corrected chi connectivity index (χ2v) is 11.6. The third kappa shape index (κ3) is 7.13. The van der Waals surface area contributed by atoms with Gasteiger partial charge in [-0.05, 0) is 44.0 Å². The van der Waals surface area contributed by atoms with Crippen molar-refractivity contribution < 1.29 is 18.7 Å². The summed E-state index contributed by atoms with van der Waals surface area (Å²) < 4.78 is 12.5. The van der Waals surface area contributed by atoms with Gasteiger partial charge in [0.2, 0.25) is 0 Å². The van der Waals surface area contributed by atoms with Gasteiger partial charge in [-0.2, -0.15) is 0 Å². The Morgan fingerprint density at radius 3 is 2.56 bits per heavy atom. The van der Waals surface area contributed by atoms with E-state index in [0.717, 1.165) is 43.5 Å². The van der Waals surface area contributed by atoms with Crippen molar-refractivity contribution in [1.82, 2.24) is 9.80 Å². The minimum atomic E-state index is -0.119. The highest BCUT2D eigenvalue weighted by Crippen LogP contribution is 2.34. The first-order chi connectivity index (χ1) is 19.0. The van der Waals surface area contributed by atoms with Crippen molar-refractivity contribution in [2.24, 2.45) is 0 Å². The van der Waals surface area contributed by atoms with Gasteiger partial charge >= 0.3 is 0 Å². The largest absolute Gasteiger partial charge is 0.457 e. The normalized spacial score (nSPS) is 17.9. The third-order valence-corrected chi connectivity index (χ3v) is 8.39. The highest BCUT2D eigenvalue weighted by Gasteiger charge is 2.32. The van der Waals surface area contributed by atoms with Crippen molar-refractivity contribution in [3.8, 4) is 11.3 Å². The van der Waals surface area contributed by atoms with Crippen molar-refractivity contribution in [3.63, 3.8) is 0 Å². The Hall–Kier alpha value is -3.04. The molecule has 8 heteroatoms. The van der Waals surface area contributed by atoms with Gasteiger partial charge in [-0.25, -0.2) is 0 Å². The molecule has 39 heavy (non-hydrogen) atoms. The van der Waals surface area contributed by atoms with Gasteiger partial charge in [-0.1, -0.05) is 78.6 Å². The molecular weight excluding hydrogens is 528 g/mol. The third-order valence-electron chi connectivity index (χ3n) is 7.02. The van der Waals surface area contributed by atoms with Crippen LogP contribution in [0.4, 0.5) is 0 Å². The first kappa shape index (κ1) is 27.5. The lowest BCUT2D eigenvalue weighted by molar-refractivity contribution is -0.122. The van der Waals surface area contributed by atoms with Crippen LogP contribution in [0.2, 0.25) is 0 Å². The molecule has 0 bridgehead atoms. The van der Waals surface area contributed by atoms with Crippen molar-refractivity contribution in [1.29, 1.82) is 0 Å². The maximum Gasteiger partial charge on any atom is 0.266 e. The van der Waals surface area contributed by atoms with Crippen LogP contribution in [0.1, 0.15) is 47.4 Å². The van der Waals surface area contributed by atoms with Crippen LogP contribution < -0.4 is 0 Å². The number of thiocarbonyl (C=S) groups is 1. The van der Waals surface area contributed by atoms with E-state index in [1.165, 1.54) is 11.8 Å². The van der Waals surface area contributed by atoms with Gasteiger partial charge in [0.15, 0.2) is 5.78 Å². The summed E-state index contributed by atoms with van der Waals surface area (Å²) in [6, 6.07) is 21.0. The predicted molar refractivity (Wildman–Crippen MR) is 159 cm³/mol. The number of thioether (sulfide) groups is 1. The summed E-state index contributed by atoms with van der Waals surface area (Å²) in [5.41, 5.74) is 2.58. The van der Waals surface area contributed by atoms with Crippen LogP contribution >= 0.6 is 24.0 Å². The van der Waals surface area contributed by atoms with Gasteiger partial charge in [0.1, 0.15) is 15.8 Å². The Morgan fingerprint density at radius 1 is 1.08 bits per heavy atom. The maximum absolute atomic E-state index is 13.0. The molecule has 2 aliphatic rings. The van der Waals surface area contributed by atoms with E-state index in [0.29, 0.717) is 52.0 Å². The summed E-state index contributed by atoms with van der Waals surface area (Å²) in [6.45, 7) is 3.22. The number of ether oxygens (including phenoxy) is 1. The lowest BCUT2D eigenvalue weighted by atomic mass is 10.0. The van der Waals surface area contributed by atoms with Crippen molar-refractivity contribution in [3.05, 3.63) is 88.5 Å². The fourth-order valence-corrected chi connectivity index (χ4v) is 5.95. The molecule has 1 aromatic heterocycles. The fraction of sp³-hybridized carbons (Fsp3) is 0.323. The smallest absolute Gasteiger partial charge is 0.266 e. The quantitative estimate of drug-likeness (QED) is 0.123. The Bertz CT molecular complexity index is 1340. The molecule has 0 saturated carbocycles. The number of rotatable bonds is 10. The second-order valence-electron chi connectivity index (χ2n) is 9.93. The monoisotopic (exact) mass is 560 g/mol. The molecule has 3 aromatic rings. The van der Waals surface area contributed by atoms with Crippen LogP contribution in [0.5, 0.6) is 0 Å². The molecule has 5 rings (SSSR count). The van der Waals surface area contributed by atoms with Crippen molar-refractivity contribution in [2.45, 2.75) is 38.3 Å². The van der Waals surface area contributed by atoms with Gasteiger partial charge in [0.25, 0.3) is 5.91 Å². The summed E-state index contributed by atoms with van der Waals surface area (Å²) in [5, 5.41) is 0. The average molecular weight is 561 g/mol. The zero-order chi connectivity index (χ0) is 27.2. The van der Waals surface area contributed by atoms with Crippen LogP contribution in [0.25, 0.3) is 17.4 Å². The predicted octanol–water partition coefficient (Wildman–Crippen LogP) is 6.42. The number of carbonyl (C=O) groups is 2. The molecule has 0 unspecified atom stereocenters. The highest BCUT2D eigenvalue weighted by molar-refractivity contribution is 8.26. The first-order valence-corrected chi connectivity index (χ1v) is 14.5. The molecule has 1 amide bonds. The van der Waals surface area contributed by atoms with E-state index in [1.54, 1.807) is 11.0 Å². The van der Waals surface area contributed by atoms with E-state index >= 15 is 0 Å². The number of amides is 1.